The van der Waals surface area contributed by atoms with E-state index < -0.39 is 12.2 Å². The summed E-state index contributed by atoms with van der Waals surface area (Å²) in [7, 11) is 0. The predicted molar refractivity (Wildman–Crippen MR) is 59.8 cm³/mol. The highest BCUT2D eigenvalue weighted by Gasteiger charge is 2.19. The van der Waals surface area contributed by atoms with Crippen molar-refractivity contribution in [3.05, 3.63) is 43.0 Å². The molecule has 0 aromatic heterocycles. The second-order valence-electron chi connectivity index (χ2n) is 3.31. The standard InChI is InChI=1S/C12H16O4/c1-2-6-12(11(14)9-13)16-15-10-7-4-3-5-8-10/h2-5,7-8,11-14H,1,6,9H2. The molecule has 0 fully saturated rings. The van der Waals surface area contributed by atoms with E-state index in [1.807, 2.05) is 18.2 Å². The van der Waals surface area contributed by atoms with E-state index in [1.165, 1.54) is 0 Å². The first-order chi connectivity index (χ1) is 7.77. The second-order valence-corrected chi connectivity index (χ2v) is 3.31. The highest BCUT2D eigenvalue weighted by molar-refractivity contribution is 5.20. The van der Waals surface area contributed by atoms with Crippen molar-refractivity contribution in [2.75, 3.05) is 6.61 Å². The van der Waals surface area contributed by atoms with Crippen molar-refractivity contribution in [1.82, 2.24) is 0 Å². The van der Waals surface area contributed by atoms with Gasteiger partial charge in [-0.25, -0.2) is 0 Å². The Hall–Kier alpha value is -1.36. The Morgan fingerprint density at radius 3 is 2.56 bits per heavy atom. The van der Waals surface area contributed by atoms with Gasteiger partial charge in [-0.3, -0.25) is 0 Å². The molecule has 0 amide bonds. The topological polar surface area (TPSA) is 58.9 Å². The van der Waals surface area contributed by atoms with Crippen LogP contribution in [0.2, 0.25) is 0 Å². The summed E-state index contributed by atoms with van der Waals surface area (Å²) in [5.74, 6) is 0.543. The van der Waals surface area contributed by atoms with Gasteiger partial charge < -0.3 is 15.1 Å². The maximum atomic E-state index is 9.42. The van der Waals surface area contributed by atoms with Crippen LogP contribution >= 0.6 is 0 Å². The van der Waals surface area contributed by atoms with Crippen LogP contribution in [-0.4, -0.2) is 29.0 Å². The van der Waals surface area contributed by atoms with Crippen molar-refractivity contribution in [3.8, 4) is 5.75 Å². The maximum Gasteiger partial charge on any atom is 0.165 e. The van der Waals surface area contributed by atoms with Gasteiger partial charge in [0.2, 0.25) is 0 Å². The molecule has 88 valence electrons. The molecule has 0 aliphatic heterocycles. The van der Waals surface area contributed by atoms with Gasteiger partial charge in [0.15, 0.2) is 5.75 Å². The first kappa shape index (κ1) is 12.7. The maximum absolute atomic E-state index is 9.42. The van der Waals surface area contributed by atoms with E-state index in [9.17, 15) is 5.11 Å². The average molecular weight is 224 g/mol. The zero-order chi connectivity index (χ0) is 11.8. The number of aliphatic hydroxyl groups is 2. The van der Waals surface area contributed by atoms with Gasteiger partial charge in [-0.1, -0.05) is 24.3 Å². The lowest BCUT2D eigenvalue weighted by atomic mass is 10.1. The highest BCUT2D eigenvalue weighted by Crippen LogP contribution is 2.12. The van der Waals surface area contributed by atoms with Gasteiger partial charge in [0, 0.05) is 0 Å². The average Bonchev–Trinajstić information content (AvgIpc) is 2.34. The predicted octanol–water partition coefficient (Wildman–Crippen LogP) is 1.29. The Labute approximate surface area is 94.7 Å². The molecule has 0 radical (unpaired) electrons. The Morgan fingerprint density at radius 1 is 1.31 bits per heavy atom. The normalized spacial score (nSPS) is 14.1. The van der Waals surface area contributed by atoms with Crippen LogP contribution in [0.1, 0.15) is 6.42 Å². The summed E-state index contributed by atoms with van der Waals surface area (Å²) in [5, 5.41) is 18.2. The smallest absolute Gasteiger partial charge is 0.165 e. The molecule has 0 saturated carbocycles. The van der Waals surface area contributed by atoms with Gasteiger partial charge in [0.25, 0.3) is 0 Å². The molecular weight excluding hydrogens is 208 g/mol. The zero-order valence-electron chi connectivity index (χ0n) is 8.95. The van der Waals surface area contributed by atoms with E-state index in [1.54, 1.807) is 18.2 Å². The van der Waals surface area contributed by atoms with E-state index in [2.05, 4.69) is 6.58 Å². The monoisotopic (exact) mass is 224 g/mol. The van der Waals surface area contributed by atoms with Crippen molar-refractivity contribution in [2.24, 2.45) is 0 Å². The number of benzene rings is 1. The fourth-order valence-electron chi connectivity index (χ4n) is 1.14. The van der Waals surface area contributed by atoms with Crippen molar-refractivity contribution in [3.63, 3.8) is 0 Å². The largest absolute Gasteiger partial charge is 0.394 e. The fraction of sp³-hybridized carbons (Fsp3) is 0.333. The number of hydrogen-bond donors (Lipinski definition) is 2. The minimum Gasteiger partial charge on any atom is -0.394 e. The van der Waals surface area contributed by atoms with Crippen molar-refractivity contribution < 1.29 is 20.0 Å². The lowest BCUT2D eigenvalue weighted by Crippen LogP contribution is -2.32. The van der Waals surface area contributed by atoms with E-state index in [0.29, 0.717) is 12.2 Å². The molecule has 0 aliphatic carbocycles. The lowest BCUT2D eigenvalue weighted by molar-refractivity contribution is -0.267. The Morgan fingerprint density at radius 2 is 2.00 bits per heavy atom. The lowest BCUT2D eigenvalue weighted by Gasteiger charge is -2.19. The van der Waals surface area contributed by atoms with E-state index in [-0.39, 0.29) is 6.61 Å². The molecule has 1 aromatic carbocycles. The minimum atomic E-state index is -0.985. The summed E-state index contributed by atoms with van der Waals surface area (Å²) in [6, 6.07) is 8.94. The zero-order valence-corrected chi connectivity index (χ0v) is 8.95. The summed E-state index contributed by atoms with van der Waals surface area (Å²) in [6.07, 6.45) is 0.386. The van der Waals surface area contributed by atoms with Crippen LogP contribution in [-0.2, 0) is 4.89 Å². The van der Waals surface area contributed by atoms with Crippen LogP contribution in [0.5, 0.6) is 5.75 Å². The number of hydrogen-bond acceptors (Lipinski definition) is 4. The molecule has 1 rings (SSSR count). The molecule has 1 aromatic rings. The molecule has 4 nitrogen and oxygen atoms in total. The number of rotatable bonds is 7. The van der Waals surface area contributed by atoms with Gasteiger partial charge in [0.05, 0.1) is 6.61 Å². The summed E-state index contributed by atoms with van der Waals surface area (Å²) in [4.78, 5) is 10.1. The van der Waals surface area contributed by atoms with E-state index in [0.717, 1.165) is 0 Å². The SMILES string of the molecule is C=CCC(OOc1ccccc1)C(O)CO. The summed E-state index contributed by atoms with van der Waals surface area (Å²) >= 11 is 0. The van der Waals surface area contributed by atoms with Gasteiger partial charge in [-0.2, -0.15) is 4.89 Å². The summed E-state index contributed by atoms with van der Waals surface area (Å²) in [5.41, 5.74) is 0. The van der Waals surface area contributed by atoms with Crippen LogP contribution in [0.4, 0.5) is 0 Å². The third kappa shape index (κ3) is 4.02. The molecule has 0 heterocycles. The molecule has 16 heavy (non-hydrogen) atoms. The molecule has 4 heteroatoms. The van der Waals surface area contributed by atoms with Gasteiger partial charge >= 0.3 is 0 Å². The quantitative estimate of drug-likeness (QED) is 0.416. The van der Waals surface area contributed by atoms with E-state index >= 15 is 0 Å². The molecule has 0 spiro atoms. The number of aliphatic hydroxyl groups excluding tert-OH is 2. The molecular formula is C12H16O4. The Balaban J connectivity index is 2.46. The van der Waals surface area contributed by atoms with Crippen LogP contribution in [0.25, 0.3) is 0 Å². The van der Waals surface area contributed by atoms with Crippen molar-refractivity contribution in [1.29, 1.82) is 0 Å². The van der Waals surface area contributed by atoms with Crippen LogP contribution in [0.15, 0.2) is 43.0 Å². The van der Waals surface area contributed by atoms with E-state index in [4.69, 9.17) is 14.9 Å². The first-order valence-electron chi connectivity index (χ1n) is 5.06. The second kappa shape index (κ2) is 7.00. The fourth-order valence-corrected chi connectivity index (χ4v) is 1.14. The molecule has 2 atom stereocenters. The summed E-state index contributed by atoms with van der Waals surface area (Å²) in [6.45, 7) is 3.17. The van der Waals surface area contributed by atoms with Crippen molar-refractivity contribution in [2.45, 2.75) is 18.6 Å². The number of para-hydroxylation sites is 1. The molecule has 0 saturated heterocycles. The third-order valence-corrected chi connectivity index (χ3v) is 2.03. The molecule has 0 aliphatic rings. The first-order valence-corrected chi connectivity index (χ1v) is 5.06. The summed E-state index contributed by atoms with van der Waals surface area (Å²) < 4.78 is 0. The van der Waals surface area contributed by atoms with Crippen LogP contribution in [0.3, 0.4) is 0 Å². The molecule has 0 bridgehead atoms. The highest BCUT2D eigenvalue weighted by atomic mass is 17.2. The van der Waals surface area contributed by atoms with Gasteiger partial charge in [-0.15, -0.1) is 6.58 Å². The Bertz CT molecular complexity index is 299. The Kier molecular flexibility index (Phi) is 5.56. The van der Waals surface area contributed by atoms with Crippen molar-refractivity contribution >= 4 is 0 Å². The van der Waals surface area contributed by atoms with Crippen LogP contribution in [0, 0.1) is 0 Å². The third-order valence-electron chi connectivity index (χ3n) is 2.03. The molecule has 2 unspecified atom stereocenters. The van der Waals surface area contributed by atoms with Gasteiger partial charge in [0.1, 0.15) is 12.2 Å². The minimum absolute atomic E-state index is 0.378. The van der Waals surface area contributed by atoms with Gasteiger partial charge in [-0.05, 0) is 18.6 Å². The molecule has 2 N–H and O–H groups in total. The van der Waals surface area contributed by atoms with Crippen LogP contribution < -0.4 is 4.89 Å².